The van der Waals surface area contributed by atoms with E-state index < -0.39 is 0 Å². The highest BCUT2D eigenvalue weighted by Gasteiger charge is 2.54. The molecular weight excluding hydrogens is 248 g/mol. The van der Waals surface area contributed by atoms with E-state index in [1.807, 2.05) is 12.1 Å². The number of benzene rings is 1. The zero-order valence-electron chi connectivity index (χ0n) is 12.2. The highest BCUT2D eigenvalue weighted by atomic mass is 16.3. The van der Waals surface area contributed by atoms with Gasteiger partial charge in [-0.15, -0.1) is 0 Å². The second-order valence-corrected chi connectivity index (χ2v) is 7.44. The van der Waals surface area contributed by atoms with Crippen molar-refractivity contribution in [3.63, 3.8) is 0 Å². The Labute approximate surface area is 120 Å². The Bertz CT molecular complexity index is 538. The van der Waals surface area contributed by atoms with Gasteiger partial charge in [-0.3, -0.25) is 0 Å². The summed E-state index contributed by atoms with van der Waals surface area (Å²) in [4.78, 5) is 0. The maximum absolute atomic E-state index is 10.4. The Morgan fingerprint density at radius 3 is 2.85 bits per heavy atom. The van der Waals surface area contributed by atoms with Crippen LogP contribution in [0.1, 0.15) is 56.1 Å². The molecule has 0 spiro atoms. The molecule has 108 valence electrons. The first-order valence-electron chi connectivity index (χ1n) is 8.09. The van der Waals surface area contributed by atoms with Crippen LogP contribution in [0.2, 0.25) is 0 Å². The van der Waals surface area contributed by atoms with Crippen molar-refractivity contribution in [1.82, 2.24) is 0 Å². The number of aliphatic hydroxyl groups excluding tert-OH is 1. The molecule has 2 fully saturated rings. The van der Waals surface area contributed by atoms with Crippen LogP contribution in [0.25, 0.3) is 0 Å². The molecule has 2 heteroatoms. The Balaban J connectivity index is 1.71. The molecule has 0 amide bonds. The number of fused-ring (bicyclic) bond motifs is 5. The monoisotopic (exact) mass is 272 g/mol. The summed E-state index contributed by atoms with van der Waals surface area (Å²) >= 11 is 0. The second kappa shape index (κ2) is 4.24. The van der Waals surface area contributed by atoms with Crippen molar-refractivity contribution in [3.05, 3.63) is 29.3 Å². The molecule has 1 unspecified atom stereocenters. The number of aliphatic hydroxyl groups is 1. The summed E-state index contributed by atoms with van der Waals surface area (Å²) in [6.07, 6.45) is 6.78. The molecule has 1 aromatic rings. The van der Waals surface area contributed by atoms with Gasteiger partial charge in [-0.25, -0.2) is 0 Å². The van der Waals surface area contributed by atoms with Crippen LogP contribution in [0.4, 0.5) is 0 Å². The van der Waals surface area contributed by atoms with Crippen LogP contribution >= 0.6 is 0 Å². The highest BCUT2D eigenvalue weighted by molar-refractivity contribution is 5.40. The molecular formula is C18H24O2. The number of aryl methyl sites for hydroxylation is 1. The van der Waals surface area contributed by atoms with Crippen LogP contribution in [-0.2, 0) is 6.42 Å². The lowest BCUT2D eigenvalue weighted by Gasteiger charge is -2.50. The molecule has 20 heavy (non-hydrogen) atoms. The van der Waals surface area contributed by atoms with Crippen molar-refractivity contribution in [3.8, 4) is 5.75 Å². The van der Waals surface area contributed by atoms with E-state index >= 15 is 0 Å². The molecule has 0 radical (unpaired) electrons. The fraction of sp³-hybridized carbons (Fsp3) is 0.667. The first-order valence-corrected chi connectivity index (χ1v) is 8.09. The third-order valence-electron chi connectivity index (χ3n) is 6.66. The standard InChI is InChI=1S/C18H24O2/c1-18-9-8-14-13-5-3-12(19)10-11(13)2-4-15(14)16(18)6-7-17(18)20/h3,5,10,14-17,19-20H,2,4,6-9H2,1H3/t14-,15-,16?,17-,18+/m1/s1. The van der Waals surface area contributed by atoms with Crippen molar-refractivity contribution < 1.29 is 10.2 Å². The van der Waals surface area contributed by atoms with Crippen molar-refractivity contribution in [2.45, 2.75) is 57.5 Å². The summed E-state index contributed by atoms with van der Waals surface area (Å²) < 4.78 is 0. The summed E-state index contributed by atoms with van der Waals surface area (Å²) in [5, 5.41) is 20.0. The lowest BCUT2D eigenvalue weighted by Crippen LogP contribution is -2.43. The average Bonchev–Trinajstić information content (AvgIpc) is 2.74. The molecule has 5 atom stereocenters. The molecule has 0 saturated heterocycles. The largest absolute Gasteiger partial charge is 0.508 e. The quantitative estimate of drug-likeness (QED) is 0.757. The molecule has 3 aliphatic rings. The summed E-state index contributed by atoms with van der Waals surface area (Å²) in [5.74, 6) is 2.49. The van der Waals surface area contributed by atoms with Crippen molar-refractivity contribution >= 4 is 0 Å². The van der Waals surface area contributed by atoms with Gasteiger partial charge >= 0.3 is 0 Å². The smallest absolute Gasteiger partial charge is 0.115 e. The van der Waals surface area contributed by atoms with Gasteiger partial charge in [0.2, 0.25) is 0 Å². The maximum Gasteiger partial charge on any atom is 0.115 e. The Morgan fingerprint density at radius 2 is 2.00 bits per heavy atom. The summed E-state index contributed by atoms with van der Waals surface area (Å²) in [5.41, 5.74) is 2.99. The molecule has 0 bridgehead atoms. The van der Waals surface area contributed by atoms with E-state index in [0.29, 0.717) is 17.6 Å². The van der Waals surface area contributed by atoms with E-state index in [1.165, 1.54) is 30.4 Å². The fourth-order valence-corrected chi connectivity index (χ4v) is 5.54. The van der Waals surface area contributed by atoms with Gasteiger partial charge in [0, 0.05) is 0 Å². The van der Waals surface area contributed by atoms with Crippen molar-refractivity contribution in [1.29, 1.82) is 0 Å². The number of hydrogen-bond donors (Lipinski definition) is 2. The van der Waals surface area contributed by atoms with Crippen LogP contribution in [0, 0.1) is 17.3 Å². The van der Waals surface area contributed by atoms with Gasteiger partial charge < -0.3 is 10.2 Å². The Kier molecular flexibility index (Phi) is 2.69. The minimum absolute atomic E-state index is 0.0883. The van der Waals surface area contributed by atoms with Gasteiger partial charge in [0.15, 0.2) is 0 Å². The van der Waals surface area contributed by atoms with E-state index in [4.69, 9.17) is 0 Å². The fourth-order valence-electron chi connectivity index (χ4n) is 5.54. The van der Waals surface area contributed by atoms with E-state index in [9.17, 15) is 10.2 Å². The number of rotatable bonds is 0. The molecule has 2 N–H and O–H groups in total. The first-order chi connectivity index (χ1) is 9.59. The average molecular weight is 272 g/mol. The van der Waals surface area contributed by atoms with Crippen LogP contribution in [-0.4, -0.2) is 16.3 Å². The molecule has 1 aromatic carbocycles. The first kappa shape index (κ1) is 12.7. The summed E-state index contributed by atoms with van der Waals surface area (Å²) in [6, 6.07) is 5.96. The lowest BCUT2D eigenvalue weighted by atomic mass is 9.55. The van der Waals surface area contributed by atoms with Crippen molar-refractivity contribution in [2.24, 2.45) is 17.3 Å². The minimum atomic E-state index is -0.0883. The van der Waals surface area contributed by atoms with Crippen LogP contribution in [0.3, 0.4) is 0 Å². The van der Waals surface area contributed by atoms with Gasteiger partial charge in [0.1, 0.15) is 5.75 Å². The van der Waals surface area contributed by atoms with Gasteiger partial charge in [-0.2, -0.15) is 0 Å². The number of phenols is 1. The zero-order chi connectivity index (χ0) is 13.9. The molecule has 0 aliphatic heterocycles. The topological polar surface area (TPSA) is 40.5 Å². The predicted octanol–water partition coefficient (Wildman–Crippen LogP) is 3.61. The van der Waals surface area contributed by atoms with Gasteiger partial charge in [0.25, 0.3) is 0 Å². The molecule has 3 aliphatic carbocycles. The third-order valence-corrected chi connectivity index (χ3v) is 6.66. The van der Waals surface area contributed by atoms with E-state index in [0.717, 1.165) is 25.2 Å². The van der Waals surface area contributed by atoms with Crippen molar-refractivity contribution in [2.75, 3.05) is 0 Å². The van der Waals surface area contributed by atoms with Crippen LogP contribution < -0.4 is 0 Å². The normalized spacial score (nSPS) is 42.7. The van der Waals surface area contributed by atoms with E-state index in [1.54, 1.807) is 0 Å². The van der Waals surface area contributed by atoms with E-state index in [2.05, 4.69) is 13.0 Å². The van der Waals surface area contributed by atoms with Crippen LogP contribution in [0.15, 0.2) is 18.2 Å². The Hall–Kier alpha value is -1.02. The third kappa shape index (κ3) is 1.60. The van der Waals surface area contributed by atoms with Gasteiger partial charge in [-0.05, 0) is 85.0 Å². The van der Waals surface area contributed by atoms with Crippen LogP contribution in [0.5, 0.6) is 5.75 Å². The molecule has 2 nitrogen and oxygen atoms in total. The zero-order valence-corrected chi connectivity index (χ0v) is 12.2. The maximum atomic E-state index is 10.4. The molecule has 2 saturated carbocycles. The molecule has 0 heterocycles. The number of aromatic hydroxyl groups is 1. The highest BCUT2D eigenvalue weighted by Crippen LogP contribution is 2.60. The number of phenolic OH excluding ortho intramolecular Hbond substituents is 1. The molecule has 0 aromatic heterocycles. The minimum Gasteiger partial charge on any atom is -0.508 e. The number of hydrogen-bond acceptors (Lipinski definition) is 2. The second-order valence-electron chi connectivity index (χ2n) is 7.44. The molecule has 4 rings (SSSR count). The lowest BCUT2D eigenvalue weighted by molar-refractivity contribution is -0.0226. The van der Waals surface area contributed by atoms with E-state index in [-0.39, 0.29) is 11.5 Å². The summed E-state index contributed by atoms with van der Waals surface area (Å²) in [6.45, 7) is 2.32. The van der Waals surface area contributed by atoms with Gasteiger partial charge in [-0.1, -0.05) is 13.0 Å². The predicted molar refractivity (Wildman–Crippen MR) is 78.7 cm³/mol. The summed E-state index contributed by atoms with van der Waals surface area (Å²) in [7, 11) is 0. The van der Waals surface area contributed by atoms with Gasteiger partial charge in [0.05, 0.1) is 6.10 Å². The SMILES string of the molecule is C[C@]12CC[C@@H]3c4ccc(O)cc4CC[C@H]3C1CC[C@H]2O. The Morgan fingerprint density at radius 1 is 1.15 bits per heavy atom.